The number of hydrogen-bond donors (Lipinski definition) is 1. The van der Waals surface area contributed by atoms with Crippen LogP contribution in [0.4, 0.5) is 0 Å². The first-order chi connectivity index (χ1) is 11.3. The highest BCUT2D eigenvalue weighted by atomic mass is 32.1. The Balaban J connectivity index is 1.48. The van der Waals surface area contributed by atoms with E-state index in [0.717, 1.165) is 44.2 Å². The van der Waals surface area contributed by atoms with E-state index >= 15 is 0 Å². The first-order valence-corrected chi connectivity index (χ1v) is 7.91. The third-order valence-electron chi connectivity index (χ3n) is 3.53. The van der Waals surface area contributed by atoms with Crippen molar-refractivity contribution in [1.82, 2.24) is 19.8 Å². The summed E-state index contributed by atoms with van der Waals surface area (Å²) in [7, 11) is 0. The van der Waals surface area contributed by atoms with Crippen molar-refractivity contribution in [2.75, 3.05) is 39.5 Å². The van der Waals surface area contributed by atoms with Gasteiger partial charge in [-0.25, -0.2) is 0 Å². The number of aromatic nitrogens is 3. The number of nitrogens with zero attached hydrogens (tertiary/aromatic N) is 4. The quantitative estimate of drug-likeness (QED) is 0.641. The molecule has 23 heavy (non-hydrogen) atoms. The molecule has 1 aliphatic rings. The van der Waals surface area contributed by atoms with E-state index < -0.39 is 0 Å². The maximum atomic E-state index is 5.77. The van der Waals surface area contributed by atoms with Crippen LogP contribution >= 0.6 is 12.2 Å². The zero-order chi connectivity index (χ0) is 15.9. The Hall–Kier alpha value is -2.03. The zero-order valence-corrected chi connectivity index (χ0v) is 13.5. The smallest absolute Gasteiger partial charge is 0.216 e. The van der Waals surface area contributed by atoms with Gasteiger partial charge in [0.15, 0.2) is 0 Å². The van der Waals surface area contributed by atoms with E-state index in [1.807, 2.05) is 24.3 Å². The molecule has 1 fully saturated rings. The first kappa shape index (κ1) is 15.9. The molecule has 0 radical (unpaired) electrons. The molecule has 0 unspecified atom stereocenters. The molecule has 1 aliphatic heterocycles. The van der Waals surface area contributed by atoms with Gasteiger partial charge in [-0.05, 0) is 42.0 Å². The molecule has 8 heteroatoms. The lowest BCUT2D eigenvalue weighted by Crippen LogP contribution is -2.38. The average molecular weight is 333 g/mol. The van der Waals surface area contributed by atoms with E-state index in [1.165, 1.54) is 11.0 Å². The SMILES string of the molecule is S=c1[nH]ncn1N=Cc1ccc(OCCN2CCOCC2)cc1. The molecule has 2 heterocycles. The van der Waals surface area contributed by atoms with Crippen LogP contribution in [0.2, 0.25) is 0 Å². The van der Waals surface area contributed by atoms with Crippen molar-refractivity contribution in [2.45, 2.75) is 0 Å². The molecule has 1 aromatic heterocycles. The van der Waals surface area contributed by atoms with Crippen LogP contribution in [0.25, 0.3) is 0 Å². The summed E-state index contributed by atoms with van der Waals surface area (Å²) in [5, 5.41) is 10.7. The average Bonchev–Trinajstić information content (AvgIpc) is 3.00. The van der Waals surface area contributed by atoms with Gasteiger partial charge in [0.1, 0.15) is 18.7 Å². The van der Waals surface area contributed by atoms with E-state index in [1.54, 1.807) is 6.21 Å². The van der Waals surface area contributed by atoms with Crippen LogP contribution < -0.4 is 4.74 Å². The maximum Gasteiger partial charge on any atom is 0.216 e. The topological polar surface area (TPSA) is 67.7 Å². The highest BCUT2D eigenvalue weighted by Crippen LogP contribution is 2.11. The number of H-pyrrole nitrogens is 1. The van der Waals surface area contributed by atoms with Gasteiger partial charge in [0.2, 0.25) is 4.77 Å². The molecular formula is C15H19N5O2S. The summed E-state index contributed by atoms with van der Waals surface area (Å²) in [6.45, 7) is 5.19. The molecule has 1 saturated heterocycles. The number of benzene rings is 1. The minimum Gasteiger partial charge on any atom is -0.492 e. The summed E-state index contributed by atoms with van der Waals surface area (Å²) < 4.78 is 13.1. The number of nitrogens with one attached hydrogen (secondary N) is 1. The van der Waals surface area contributed by atoms with Crippen molar-refractivity contribution in [3.63, 3.8) is 0 Å². The van der Waals surface area contributed by atoms with Crippen molar-refractivity contribution in [3.8, 4) is 5.75 Å². The summed E-state index contributed by atoms with van der Waals surface area (Å²) in [5.74, 6) is 0.857. The van der Waals surface area contributed by atoms with Crippen LogP contribution in [0.1, 0.15) is 5.56 Å². The monoisotopic (exact) mass is 333 g/mol. The second kappa shape index (κ2) is 8.00. The molecule has 0 aliphatic carbocycles. The fourth-order valence-electron chi connectivity index (χ4n) is 2.22. The Labute approximate surface area is 139 Å². The van der Waals surface area contributed by atoms with Gasteiger partial charge in [0, 0.05) is 19.6 Å². The molecule has 2 aromatic rings. The van der Waals surface area contributed by atoms with Crippen LogP contribution in [-0.4, -0.2) is 65.4 Å². The Kier molecular flexibility index (Phi) is 5.51. The second-order valence-electron chi connectivity index (χ2n) is 5.12. The van der Waals surface area contributed by atoms with Crippen molar-refractivity contribution in [3.05, 3.63) is 40.9 Å². The highest BCUT2D eigenvalue weighted by Gasteiger charge is 2.09. The molecule has 1 aromatic carbocycles. The summed E-state index contributed by atoms with van der Waals surface area (Å²) in [6, 6.07) is 7.79. The number of morpholine rings is 1. The van der Waals surface area contributed by atoms with Gasteiger partial charge < -0.3 is 9.47 Å². The van der Waals surface area contributed by atoms with E-state index in [-0.39, 0.29) is 0 Å². The minimum atomic E-state index is 0.462. The van der Waals surface area contributed by atoms with Crippen LogP contribution in [-0.2, 0) is 4.74 Å². The van der Waals surface area contributed by atoms with Crippen LogP contribution in [0, 0.1) is 4.77 Å². The summed E-state index contributed by atoms with van der Waals surface area (Å²) >= 11 is 5.02. The lowest BCUT2D eigenvalue weighted by Gasteiger charge is -2.26. The van der Waals surface area contributed by atoms with Gasteiger partial charge in [-0.1, -0.05) is 0 Å². The minimum absolute atomic E-state index is 0.462. The van der Waals surface area contributed by atoms with Crippen molar-refractivity contribution < 1.29 is 9.47 Å². The van der Waals surface area contributed by atoms with Gasteiger partial charge in [-0.2, -0.15) is 14.9 Å². The summed E-state index contributed by atoms with van der Waals surface area (Å²) in [5.41, 5.74) is 0.966. The second-order valence-corrected chi connectivity index (χ2v) is 5.51. The Morgan fingerprint density at radius 3 is 2.78 bits per heavy atom. The number of aromatic amines is 1. The number of rotatable bonds is 6. The van der Waals surface area contributed by atoms with E-state index in [2.05, 4.69) is 20.2 Å². The Morgan fingerprint density at radius 1 is 1.30 bits per heavy atom. The normalized spacial score (nSPS) is 16.0. The van der Waals surface area contributed by atoms with Gasteiger partial charge in [0.05, 0.1) is 19.4 Å². The third-order valence-corrected chi connectivity index (χ3v) is 3.80. The fraction of sp³-hybridized carbons (Fsp3) is 0.400. The van der Waals surface area contributed by atoms with Crippen molar-refractivity contribution in [2.24, 2.45) is 5.10 Å². The van der Waals surface area contributed by atoms with Gasteiger partial charge in [-0.3, -0.25) is 10.00 Å². The molecule has 122 valence electrons. The van der Waals surface area contributed by atoms with Gasteiger partial charge in [0.25, 0.3) is 0 Å². The molecular weight excluding hydrogens is 314 g/mol. The standard InChI is InChI=1S/C15H19N5O2S/c23-15-18-16-12-20(15)17-11-13-1-3-14(4-2-13)22-10-7-19-5-8-21-9-6-19/h1-4,11-12H,5-10H2,(H,18,23). The molecule has 0 amide bonds. The lowest BCUT2D eigenvalue weighted by atomic mass is 10.2. The van der Waals surface area contributed by atoms with Crippen LogP contribution in [0.3, 0.4) is 0 Å². The molecule has 1 N–H and O–H groups in total. The maximum absolute atomic E-state index is 5.77. The number of hydrogen-bond acceptors (Lipinski definition) is 6. The predicted molar refractivity (Wildman–Crippen MR) is 89.6 cm³/mol. The molecule has 0 spiro atoms. The van der Waals surface area contributed by atoms with Crippen molar-refractivity contribution >= 4 is 18.4 Å². The zero-order valence-electron chi connectivity index (χ0n) is 12.7. The van der Waals surface area contributed by atoms with E-state index in [0.29, 0.717) is 11.4 Å². The van der Waals surface area contributed by atoms with E-state index in [4.69, 9.17) is 21.7 Å². The van der Waals surface area contributed by atoms with Gasteiger partial charge in [-0.15, -0.1) is 0 Å². The first-order valence-electron chi connectivity index (χ1n) is 7.50. The summed E-state index contributed by atoms with van der Waals surface area (Å²) in [4.78, 5) is 2.35. The highest BCUT2D eigenvalue weighted by molar-refractivity contribution is 7.71. The fourth-order valence-corrected chi connectivity index (χ4v) is 2.37. The Bertz CT molecular complexity index is 688. The van der Waals surface area contributed by atoms with E-state index in [9.17, 15) is 0 Å². The summed E-state index contributed by atoms with van der Waals surface area (Å²) in [6.07, 6.45) is 3.25. The molecule has 3 rings (SSSR count). The molecule has 0 bridgehead atoms. The molecule has 7 nitrogen and oxygen atoms in total. The Morgan fingerprint density at radius 2 is 2.09 bits per heavy atom. The number of ether oxygens (including phenoxy) is 2. The van der Waals surface area contributed by atoms with Crippen LogP contribution in [0.5, 0.6) is 5.75 Å². The third kappa shape index (κ3) is 4.72. The van der Waals surface area contributed by atoms with Crippen molar-refractivity contribution in [1.29, 1.82) is 0 Å². The molecule has 0 atom stereocenters. The van der Waals surface area contributed by atoms with Gasteiger partial charge >= 0.3 is 0 Å². The lowest BCUT2D eigenvalue weighted by molar-refractivity contribution is 0.0322. The van der Waals surface area contributed by atoms with Crippen LogP contribution in [0.15, 0.2) is 35.7 Å². The predicted octanol–water partition coefficient (Wildman–Crippen LogP) is 1.53. The molecule has 0 saturated carbocycles. The largest absolute Gasteiger partial charge is 0.492 e.